The molecule has 3 rings (SSSR count). The molecule has 0 bridgehead atoms. The van der Waals surface area contributed by atoms with E-state index in [0.717, 1.165) is 22.7 Å². The standard InChI is InChI=1S/C13H14N2O2/c1-13(2)12-11(14-10(7-16)15-12)8-5-3-4-6-9(8)17-13/h3-6,16H,7H2,1-2H3,(H,14,15). The molecule has 17 heavy (non-hydrogen) atoms. The minimum Gasteiger partial charge on any atom is -0.481 e. The molecule has 1 aromatic carbocycles. The van der Waals surface area contributed by atoms with E-state index in [9.17, 15) is 5.11 Å². The van der Waals surface area contributed by atoms with Gasteiger partial charge in [0.25, 0.3) is 0 Å². The number of rotatable bonds is 1. The molecule has 1 aromatic heterocycles. The fourth-order valence-electron chi connectivity index (χ4n) is 2.20. The summed E-state index contributed by atoms with van der Waals surface area (Å²) in [4.78, 5) is 7.55. The van der Waals surface area contributed by atoms with E-state index >= 15 is 0 Å². The van der Waals surface area contributed by atoms with E-state index in [4.69, 9.17) is 4.74 Å². The molecule has 2 aromatic rings. The average molecular weight is 230 g/mol. The molecule has 0 unspecified atom stereocenters. The van der Waals surface area contributed by atoms with Gasteiger partial charge in [-0.3, -0.25) is 0 Å². The number of H-pyrrole nitrogens is 1. The van der Waals surface area contributed by atoms with Gasteiger partial charge in [-0.25, -0.2) is 4.98 Å². The summed E-state index contributed by atoms with van der Waals surface area (Å²) in [5.74, 6) is 1.41. The first kappa shape index (κ1) is 10.4. The normalized spacial score (nSPS) is 15.9. The zero-order valence-corrected chi connectivity index (χ0v) is 9.82. The van der Waals surface area contributed by atoms with Gasteiger partial charge in [-0.05, 0) is 26.0 Å². The van der Waals surface area contributed by atoms with E-state index in [1.54, 1.807) is 0 Å². The number of imidazole rings is 1. The summed E-state index contributed by atoms with van der Waals surface area (Å²) in [5.41, 5.74) is 2.31. The van der Waals surface area contributed by atoms with Crippen LogP contribution in [-0.2, 0) is 12.2 Å². The number of aliphatic hydroxyl groups is 1. The van der Waals surface area contributed by atoms with Crippen molar-refractivity contribution in [1.29, 1.82) is 0 Å². The van der Waals surface area contributed by atoms with Crippen molar-refractivity contribution in [3.8, 4) is 17.0 Å². The van der Waals surface area contributed by atoms with Crippen LogP contribution in [-0.4, -0.2) is 15.1 Å². The van der Waals surface area contributed by atoms with E-state index in [2.05, 4.69) is 9.97 Å². The van der Waals surface area contributed by atoms with Gasteiger partial charge in [-0.15, -0.1) is 0 Å². The highest BCUT2D eigenvalue weighted by atomic mass is 16.5. The fourth-order valence-corrected chi connectivity index (χ4v) is 2.20. The number of benzene rings is 1. The highest BCUT2D eigenvalue weighted by molar-refractivity contribution is 5.72. The van der Waals surface area contributed by atoms with Crippen LogP contribution >= 0.6 is 0 Å². The Labute approximate surface area is 99.3 Å². The lowest BCUT2D eigenvalue weighted by atomic mass is 9.95. The van der Waals surface area contributed by atoms with Crippen molar-refractivity contribution in [2.45, 2.75) is 26.1 Å². The van der Waals surface area contributed by atoms with Crippen molar-refractivity contribution in [3.63, 3.8) is 0 Å². The van der Waals surface area contributed by atoms with Crippen LogP contribution in [0.15, 0.2) is 24.3 Å². The Bertz CT molecular complexity index is 573. The van der Waals surface area contributed by atoms with Gasteiger partial charge in [-0.1, -0.05) is 12.1 Å². The Balaban J connectivity index is 2.27. The maximum Gasteiger partial charge on any atom is 0.145 e. The van der Waals surface area contributed by atoms with Gasteiger partial charge in [0.1, 0.15) is 23.8 Å². The highest BCUT2D eigenvalue weighted by Gasteiger charge is 2.35. The van der Waals surface area contributed by atoms with E-state index in [1.807, 2.05) is 38.1 Å². The second-order valence-electron chi connectivity index (χ2n) is 4.67. The van der Waals surface area contributed by atoms with Gasteiger partial charge in [0, 0.05) is 5.56 Å². The van der Waals surface area contributed by atoms with Crippen LogP contribution in [0.5, 0.6) is 5.75 Å². The third-order valence-corrected chi connectivity index (χ3v) is 3.01. The van der Waals surface area contributed by atoms with Crippen molar-refractivity contribution in [1.82, 2.24) is 9.97 Å². The number of fused-ring (bicyclic) bond motifs is 3. The molecule has 0 radical (unpaired) electrons. The summed E-state index contributed by atoms with van der Waals surface area (Å²) < 4.78 is 5.95. The van der Waals surface area contributed by atoms with Crippen molar-refractivity contribution in [2.24, 2.45) is 0 Å². The van der Waals surface area contributed by atoms with Crippen LogP contribution in [0.3, 0.4) is 0 Å². The number of hydrogen-bond donors (Lipinski definition) is 2. The molecule has 0 fully saturated rings. The predicted molar refractivity (Wildman–Crippen MR) is 63.6 cm³/mol. The monoisotopic (exact) mass is 230 g/mol. The first-order chi connectivity index (χ1) is 8.12. The molecule has 4 heteroatoms. The molecule has 1 aliphatic rings. The van der Waals surface area contributed by atoms with Crippen molar-refractivity contribution >= 4 is 0 Å². The molecule has 0 atom stereocenters. The van der Waals surface area contributed by atoms with Gasteiger partial charge in [0.15, 0.2) is 0 Å². The second kappa shape index (κ2) is 3.34. The zero-order chi connectivity index (χ0) is 12.0. The van der Waals surface area contributed by atoms with Crippen molar-refractivity contribution < 1.29 is 9.84 Å². The number of hydrogen-bond acceptors (Lipinski definition) is 3. The third-order valence-electron chi connectivity index (χ3n) is 3.01. The van der Waals surface area contributed by atoms with E-state index in [1.165, 1.54) is 0 Å². The van der Waals surface area contributed by atoms with Crippen LogP contribution in [0, 0.1) is 0 Å². The van der Waals surface area contributed by atoms with Crippen LogP contribution in [0.1, 0.15) is 25.4 Å². The largest absolute Gasteiger partial charge is 0.481 e. The van der Waals surface area contributed by atoms with Gasteiger partial charge >= 0.3 is 0 Å². The van der Waals surface area contributed by atoms with Gasteiger partial charge in [0.05, 0.1) is 11.4 Å². The number of aromatic amines is 1. The van der Waals surface area contributed by atoms with E-state index < -0.39 is 5.60 Å². The maximum atomic E-state index is 9.17. The molecule has 0 spiro atoms. The Kier molecular flexibility index (Phi) is 2.03. The molecule has 4 nitrogen and oxygen atoms in total. The molecule has 2 heterocycles. The maximum absolute atomic E-state index is 9.17. The minimum atomic E-state index is -0.454. The average Bonchev–Trinajstić information content (AvgIpc) is 2.74. The predicted octanol–water partition coefficient (Wildman–Crippen LogP) is 2.20. The first-order valence-electron chi connectivity index (χ1n) is 5.60. The number of nitrogens with one attached hydrogen (secondary N) is 1. The Hall–Kier alpha value is -1.81. The van der Waals surface area contributed by atoms with Crippen molar-refractivity contribution in [2.75, 3.05) is 0 Å². The number of ether oxygens (including phenoxy) is 1. The summed E-state index contributed by atoms with van der Waals surface area (Å²) in [5, 5.41) is 9.17. The Morgan fingerprint density at radius 2 is 2.12 bits per heavy atom. The molecule has 0 aliphatic carbocycles. The second-order valence-corrected chi connectivity index (χ2v) is 4.67. The third kappa shape index (κ3) is 1.45. The zero-order valence-electron chi connectivity index (χ0n) is 9.82. The lowest BCUT2D eigenvalue weighted by Gasteiger charge is -2.31. The molecule has 0 saturated heterocycles. The summed E-state index contributed by atoms with van der Waals surface area (Å²) in [7, 11) is 0. The molecule has 2 N–H and O–H groups in total. The van der Waals surface area contributed by atoms with Crippen LogP contribution in [0.2, 0.25) is 0 Å². The van der Waals surface area contributed by atoms with Crippen molar-refractivity contribution in [3.05, 3.63) is 35.8 Å². The van der Waals surface area contributed by atoms with Gasteiger partial charge in [0.2, 0.25) is 0 Å². The summed E-state index contributed by atoms with van der Waals surface area (Å²) in [6.07, 6.45) is 0. The first-order valence-corrected chi connectivity index (χ1v) is 5.60. The number of aliphatic hydroxyl groups excluding tert-OH is 1. The molecule has 1 aliphatic heterocycles. The summed E-state index contributed by atoms with van der Waals surface area (Å²) in [6.45, 7) is 3.88. The smallest absolute Gasteiger partial charge is 0.145 e. The highest BCUT2D eigenvalue weighted by Crippen LogP contribution is 2.43. The van der Waals surface area contributed by atoms with Gasteiger partial charge < -0.3 is 14.8 Å². The Morgan fingerprint density at radius 3 is 2.88 bits per heavy atom. The number of para-hydroxylation sites is 1. The molecule has 88 valence electrons. The van der Waals surface area contributed by atoms with Crippen LogP contribution in [0.25, 0.3) is 11.3 Å². The molecular formula is C13H14N2O2. The quantitative estimate of drug-likeness (QED) is 0.789. The van der Waals surface area contributed by atoms with Crippen LogP contribution in [0.4, 0.5) is 0 Å². The summed E-state index contributed by atoms with van der Waals surface area (Å²) >= 11 is 0. The molecule has 0 amide bonds. The van der Waals surface area contributed by atoms with E-state index in [-0.39, 0.29) is 6.61 Å². The molecule has 0 saturated carbocycles. The number of nitrogens with zero attached hydrogens (tertiary/aromatic N) is 1. The lowest BCUT2D eigenvalue weighted by Crippen LogP contribution is -2.29. The SMILES string of the molecule is CC1(C)Oc2ccccc2-c2nc(CO)[nH]c21. The Morgan fingerprint density at radius 1 is 1.35 bits per heavy atom. The topological polar surface area (TPSA) is 58.1 Å². The lowest BCUT2D eigenvalue weighted by molar-refractivity contribution is 0.101. The minimum absolute atomic E-state index is 0.0920. The fraction of sp³-hybridized carbons (Fsp3) is 0.308. The van der Waals surface area contributed by atoms with Gasteiger partial charge in [-0.2, -0.15) is 0 Å². The summed E-state index contributed by atoms with van der Waals surface area (Å²) in [6, 6.07) is 7.82. The van der Waals surface area contributed by atoms with Crippen LogP contribution < -0.4 is 4.74 Å². The molecular weight excluding hydrogens is 216 g/mol. The number of aromatic nitrogens is 2. The van der Waals surface area contributed by atoms with E-state index in [0.29, 0.717) is 5.82 Å².